The van der Waals surface area contributed by atoms with Crippen molar-refractivity contribution in [2.75, 3.05) is 36.4 Å². The first-order valence-corrected chi connectivity index (χ1v) is 11.5. The lowest BCUT2D eigenvalue weighted by Crippen LogP contribution is -2.34. The zero-order valence-corrected chi connectivity index (χ0v) is 18.4. The smallest absolute Gasteiger partial charge is 0.264 e. The third-order valence-electron chi connectivity index (χ3n) is 5.62. The zero-order chi connectivity index (χ0) is 22.0. The van der Waals surface area contributed by atoms with Crippen LogP contribution in [0.1, 0.15) is 15.9 Å². The van der Waals surface area contributed by atoms with Crippen molar-refractivity contribution in [2.45, 2.75) is 11.4 Å². The predicted molar refractivity (Wildman–Crippen MR) is 123 cm³/mol. The van der Waals surface area contributed by atoms with Crippen LogP contribution in [0.2, 0.25) is 0 Å². The van der Waals surface area contributed by atoms with E-state index < -0.39 is 10.0 Å². The molecule has 3 aromatic rings. The van der Waals surface area contributed by atoms with E-state index in [-0.39, 0.29) is 10.8 Å². The summed E-state index contributed by atoms with van der Waals surface area (Å²) >= 11 is 0. The SMILES string of the molecule is CN1CCN(C(=O)c2cccc(S(=O)(=O)N(C)c3ccccc3)c2)Cc2ccccc21. The quantitative estimate of drug-likeness (QED) is 0.628. The molecule has 0 unspecified atom stereocenters. The number of benzene rings is 3. The molecule has 0 aliphatic carbocycles. The van der Waals surface area contributed by atoms with E-state index in [1.165, 1.54) is 23.5 Å². The summed E-state index contributed by atoms with van der Waals surface area (Å²) in [7, 11) is -0.261. The lowest BCUT2D eigenvalue weighted by Gasteiger charge is -2.22. The Bertz CT molecular complexity index is 1200. The van der Waals surface area contributed by atoms with Crippen LogP contribution < -0.4 is 9.21 Å². The van der Waals surface area contributed by atoms with Gasteiger partial charge in [-0.2, -0.15) is 0 Å². The van der Waals surface area contributed by atoms with Gasteiger partial charge in [-0.05, 0) is 42.0 Å². The second kappa shape index (κ2) is 8.43. The van der Waals surface area contributed by atoms with E-state index >= 15 is 0 Å². The number of rotatable bonds is 4. The second-order valence-electron chi connectivity index (χ2n) is 7.61. The minimum atomic E-state index is -3.79. The minimum Gasteiger partial charge on any atom is -0.373 e. The van der Waals surface area contributed by atoms with Crippen molar-refractivity contribution in [3.8, 4) is 0 Å². The fourth-order valence-electron chi connectivity index (χ4n) is 3.77. The Kier molecular flexibility index (Phi) is 5.69. The Morgan fingerprint density at radius 2 is 1.61 bits per heavy atom. The van der Waals surface area contributed by atoms with E-state index in [1.54, 1.807) is 41.3 Å². The van der Waals surface area contributed by atoms with Crippen LogP contribution in [0.25, 0.3) is 0 Å². The van der Waals surface area contributed by atoms with Gasteiger partial charge in [0.25, 0.3) is 15.9 Å². The van der Waals surface area contributed by atoms with Crippen LogP contribution in [0.4, 0.5) is 11.4 Å². The van der Waals surface area contributed by atoms with Crippen LogP contribution >= 0.6 is 0 Å². The molecule has 0 radical (unpaired) electrons. The summed E-state index contributed by atoms with van der Waals surface area (Å²) in [5.41, 5.74) is 3.11. The van der Waals surface area contributed by atoms with E-state index in [1.807, 2.05) is 31.3 Å². The third-order valence-corrected chi connectivity index (χ3v) is 7.40. The highest BCUT2D eigenvalue weighted by molar-refractivity contribution is 7.92. The first-order chi connectivity index (χ1) is 14.9. The number of hydrogen-bond donors (Lipinski definition) is 0. The van der Waals surface area contributed by atoms with E-state index in [2.05, 4.69) is 11.0 Å². The number of carbonyl (C=O) groups excluding carboxylic acids is 1. The first kappa shape index (κ1) is 20.9. The van der Waals surface area contributed by atoms with Gasteiger partial charge in [-0.3, -0.25) is 9.10 Å². The van der Waals surface area contributed by atoms with Gasteiger partial charge in [0.05, 0.1) is 10.6 Å². The number of carbonyl (C=O) groups is 1. The number of fused-ring (bicyclic) bond motifs is 1. The molecular weight excluding hydrogens is 410 g/mol. The van der Waals surface area contributed by atoms with Gasteiger partial charge in [0, 0.05) is 45.0 Å². The highest BCUT2D eigenvalue weighted by Gasteiger charge is 2.25. The average Bonchev–Trinajstić information content (AvgIpc) is 2.98. The van der Waals surface area contributed by atoms with Gasteiger partial charge in [-0.1, -0.05) is 42.5 Å². The van der Waals surface area contributed by atoms with Crippen LogP contribution in [0, 0.1) is 0 Å². The molecule has 0 bridgehead atoms. The van der Waals surface area contributed by atoms with Crippen molar-refractivity contribution in [3.63, 3.8) is 0 Å². The molecule has 1 heterocycles. The molecule has 0 saturated carbocycles. The number of para-hydroxylation sites is 2. The van der Waals surface area contributed by atoms with Crippen molar-refractivity contribution in [3.05, 3.63) is 90.0 Å². The first-order valence-electron chi connectivity index (χ1n) is 10.1. The van der Waals surface area contributed by atoms with Crippen LogP contribution in [0.5, 0.6) is 0 Å². The highest BCUT2D eigenvalue weighted by atomic mass is 32.2. The monoisotopic (exact) mass is 435 g/mol. The number of likely N-dealkylation sites (N-methyl/N-ethyl adjacent to an activating group) is 1. The molecule has 1 amide bonds. The molecule has 1 aliphatic heterocycles. The van der Waals surface area contributed by atoms with Crippen LogP contribution in [-0.4, -0.2) is 46.4 Å². The van der Waals surface area contributed by atoms with Crippen molar-refractivity contribution >= 4 is 27.3 Å². The number of hydrogen-bond acceptors (Lipinski definition) is 4. The van der Waals surface area contributed by atoms with Crippen molar-refractivity contribution in [1.82, 2.24) is 4.90 Å². The maximum absolute atomic E-state index is 13.3. The Hall–Kier alpha value is -3.32. The van der Waals surface area contributed by atoms with E-state index in [4.69, 9.17) is 0 Å². The van der Waals surface area contributed by atoms with E-state index in [0.717, 1.165) is 11.3 Å². The fraction of sp³-hybridized carbons (Fsp3) is 0.208. The van der Waals surface area contributed by atoms with Crippen molar-refractivity contribution < 1.29 is 13.2 Å². The Morgan fingerprint density at radius 3 is 2.39 bits per heavy atom. The number of anilines is 2. The van der Waals surface area contributed by atoms with Gasteiger partial charge in [0.15, 0.2) is 0 Å². The second-order valence-corrected chi connectivity index (χ2v) is 9.58. The summed E-state index contributed by atoms with van der Waals surface area (Å²) in [6.45, 7) is 1.75. The van der Waals surface area contributed by atoms with E-state index in [0.29, 0.717) is 30.9 Å². The predicted octanol–water partition coefficient (Wildman–Crippen LogP) is 3.60. The summed E-state index contributed by atoms with van der Waals surface area (Å²) in [5, 5.41) is 0. The van der Waals surface area contributed by atoms with Gasteiger partial charge >= 0.3 is 0 Å². The largest absolute Gasteiger partial charge is 0.373 e. The zero-order valence-electron chi connectivity index (χ0n) is 17.6. The van der Waals surface area contributed by atoms with Crippen LogP contribution in [0.3, 0.4) is 0 Å². The molecule has 1 aliphatic rings. The maximum Gasteiger partial charge on any atom is 0.264 e. The third kappa shape index (κ3) is 4.14. The van der Waals surface area contributed by atoms with E-state index in [9.17, 15) is 13.2 Å². The molecule has 0 N–H and O–H groups in total. The molecule has 0 saturated heterocycles. The number of amides is 1. The minimum absolute atomic E-state index is 0.0945. The molecule has 0 spiro atoms. The highest BCUT2D eigenvalue weighted by Crippen LogP contribution is 2.26. The summed E-state index contributed by atoms with van der Waals surface area (Å²) in [6.07, 6.45) is 0. The molecule has 0 fully saturated rings. The Balaban J connectivity index is 1.62. The lowest BCUT2D eigenvalue weighted by molar-refractivity contribution is 0.0751. The molecule has 7 heteroatoms. The standard InChI is InChI=1S/C24H25N3O3S/c1-25-15-16-27(18-20-9-6-7-14-23(20)25)24(28)19-10-8-13-22(17-19)31(29,30)26(2)21-11-4-3-5-12-21/h3-14,17H,15-16,18H2,1-2H3. The topological polar surface area (TPSA) is 60.9 Å². The fourth-order valence-corrected chi connectivity index (χ4v) is 5.02. The molecule has 160 valence electrons. The summed E-state index contributed by atoms with van der Waals surface area (Å²) in [5.74, 6) is -0.176. The Morgan fingerprint density at radius 1 is 0.903 bits per heavy atom. The van der Waals surface area contributed by atoms with Gasteiger partial charge in [0.2, 0.25) is 0 Å². The van der Waals surface area contributed by atoms with Gasteiger partial charge in [0.1, 0.15) is 0 Å². The van der Waals surface area contributed by atoms with Crippen molar-refractivity contribution in [1.29, 1.82) is 0 Å². The maximum atomic E-state index is 13.3. The summed E-state index contributed by atoms with van der Waals surface area (Å²) < 4.78 is 27.5. The van der Waals surface area contributed by atoms with Gasteiger partial charge in [-0.15, -0.1) is 0 Å². The van der Waals surface area contributed by atoms with Crippen LogP contribution in [-0.2, 0) is 16.6 Å². The lowest BCUT2D eigenvalue weighted by atomic mass is 10.1. The number of nitrogens with zero attached hydrogens (tertiary/aromatic N) is 3. The molecule has 3 aromatic carbocycles. The van der Waals surface area contributed by atoms with Crippen LogP contribution in [0.15, 0.2) is 83.8 Å². The number of sulfonamides is 1. The van der Waals surface area contributed by atoms with Gasteiger partial charge in [-0.25, -0.2) is 8.42 Å². The Labute approximate surface area is 183 Å². The molecule has 6 nitrogen and oxygen atoms in total. The molecule has 0 aromatic heterocycles. The summed E-state index contributed by atoms with van der Waals surface area (Å²) in [4.78, 5) is 17.3. The summed E-state index contributed by atoms with van der Waals surface area (Å²) in [6, 6.07) is 23.2. The normalized spacial score (nSPS) is 14.0. The molecular formula is C24H25N3O3S. The molecule has 31 heavy (non-hydrogen) atoms. The van der Waals surface area contributed by atoms with Crippen molar-refractivity contribution in [2.24, 2.45) is 0 Å². The average molecular weight is 436 g/mol. The van der Waals surface area contributed by atoms with Gasteiger partial charge < -0.3 is 9.80 Å². The molecule has 4 rings (SSSR count). The molecule has 0 atom stereocenters.